The first kappa shape index (κ1) is 14.3. The number of para-hydroxylation sites is 1. The minimum absolute atomic E-state index is 0.289. The molecule has 6 heteroatoms. The third-order valence-corrected chi connectivity index (χ3v) is 4.71. The van der Waals surface area contributed by atoms with Gasteiger partial charge in [0.2, 0.25) is 10.0 Å². The summed E-state index contributed by atoms with van der Waals surface area (Å²) < 4.78 is 27.1. The molecule has 0 aromatic heterocycles. The van der Waals surface area contributed by atoms with Gasteiger partial charge >= 0.3 is 0 Å². The molecule has 1 fully saturated rings. The monoisotopic (exact) mass is 284 g/mol. The number of rotatable bonds is 5. The molecular weight excluding hydrogens is 264 g/mol. The van der Waals surface area contributed by atoms with Crippen molar-refractivity contribution in [3.8, 4) is 0 Å². The third kappa shape index (κ3) is 3.26. The molecule has 0 aliphatic carbocycles. The lowest BCUT2D eigenvalue weighted by molar-refractivity contribution is 0.198. The summed E-state index contributed by atoms with van der Waals surface area (Å²) in [6.45, 7) is 3.52. The Kier molecular flexibility index (Phi) is 4.44. The van der Waals surface area contributed by atoms with Gasteiger partial charge in [0.15, 0.2) is 0 Å². The first-order chi connectivity index (χ1) is 9.04. The second-order valence-corrected chi connectivity index (χ2v) is 6.49. The van der Waals surface area contributed by atoms with Crippen molar-refractivity contribution in [2.24, 2.45) is 0 Å². The smallest absolute Gasteiger partial charge is 0.242 e. The van der Waals surface area contributed by atoms with Crippen molar-refractivity contribution in [2.75, 3.05) is 24.5 Å². The Bertz CT molecular complexity index is 530. The van der Waals surface area contributed by atoms with Gasteiger partial charge < -0.3 is 10.0 Å². The Balaban J connectivity index is 2.31. The second-order valence-electron chi connectivity index (χ2n) is 4.75. The molecule has 1 saturated heterocycles. The van der Waals surface area contributed by atoms with E-state index < -0.39 is 10.0 Å². The molecule has 0 amide bonds. The number of β-amino-alcohol motifs (C(OH)–C–C–N with tert-alkyl or cyclic N) is 1. The summed E-state index contributed by atoms with van der Waals surface area (Å²) in [5.41, 5.74) is 0.669. The number of anilines is 1. The lowest BCUT2D eigenvalue weighted by Gasteiger charge is -2.21. The maximum atomic E-state index is 12.2. The van der Waals surface area contributed by atoms with Crippen LogP contribution in [0.2, 0.25) is 0 Å². The van der Waals surface area contributed by atoms with E-state index in [1.54, 1.807) is 18.2 Å². The van der Waals surface area contributed by atoms with Crippen LogP contribution in [0.15, 0.2) is 29.2 Å². The van der Waals surface area contributed by atoms with Crippen molar-refractivity contribution in [3.05, 3.63) is 24.3 Å². The Morgan fingerprint density at radius 1 is 1.42 bits per heavy atom. The number of benzene rings is 1. The molecule has 2 N–H and O–H groups in total. The van der Waals surface area contributed by atoms with E-state index in [-0.39, 0.29) is 11.0 Å². The molecule has 0 spiro atoms. The van der Waals surface area contributed by atoms with Crippen LogP contribution in [0.25, 0.3) is 0 Å². The zero-order valence-corrected chi connectivity index (χ0v) is 11.9. The van der Waals surface area contributed by atoms with Gasteiger partial charge in [-0.25, -0.2) is 13.1 Å². The Morgan fingerprint density at radius 3 is 2.79 bits per heavy atom. The number of aliphatic hydroxyl groups excluding tert-OH is 1. The van der Waals surface area contributed by atoms with E-state index in [2.05, 4.69) is 4.72 Å². The summed E-state index contributed by atoms with van der Waals surface area (Å²) in [6, 6.07) is 6.94. The number of hydrogen-bond donors (Lipinski definition) is 2. The molecule has 1 aliphatic rings. The van der Waals surface area contributed by atoms with Gasteiger partial charge in [-0.3, -0.25) is 0 Å². The van der Waals surface area contributed by atoms with Crippen LogP contribution in [0.5, 0.6) is 0 Å². The second kappa shape index (κ2) is 5.90. The molecule has 1 unspecified atom stereocenters. The first-order valence-corrected chi connectivity index (χ1v) is 8.04. The summed E-state index contributed by atoms with van der Waals surface area (Å²) >= 11 is 0. The van der Waals surface area contributed by atoms with Crippen LogP contribution in [0.1, 0.15) is 19.8 Å². The maximum Gasteiger partial charge on any atom is 0.242 e. The molecule has 0 bridgehead atoms. The van der Waals surface area contributed by atoms with Crippen molar-refractivity contribution in [2.45, 2.75) is 30.8 Å². The Morgan fingerprint density at radius 2 is 2.16 bits per heavy atom. The number of nitrogens with zero attached hydrogens (tertiary/aromatic N) is 1. The van der Waals surface area contributed by atoms with Gasteiger partial charge in [-0.2, -0.15) is 0 Å². The highest BCUT2D eigenvalue weighted by Crippen LogP contribution is 2.27. The minimum Gasteiger partial charge on any atom is -0.391 e. The molecule has 2 rings (SSSR count). The summed E-state index contributed by atoms with van der Waals surface area (Å²) in [6.07, 6.45) is 1.06. The summed E-state index contributed by atoms with van der Waals surface area (Å²) in [5.74, 6) is 0. The molecule has 0 radical (unpaired) electrons. The molecule has 1 atom stereocenters. The first-order valence-electron chi connectivity index (χ1n) is 6.56. The highest BCUT2D eigenvalue weighted by atomic mass is 32.2. The quantitative estimate of drug-likeness (QED) is 0.844. The zero-order valence-electron chi connectivity index (χ0n) is 11.0. The largest absolute Gasteiger partial charge is 0.391 e. The molecule has 1 aliphatic heterocycles. The fraction of sp³-hybridized carbons (Fsp3) is 0.538. The summed E-state index contributed by atoms with van der Waals surface area (Å²) in [7, 11) is -3.48. The van der Waals surface area contributed by atoms with Gasteiger partial charge in [-0.15, -0.1) is 0 Å². The Labute approximate surface area is 114 Å². The average Bonchev–Trinajstić information content (AvgIpc) is 2.83. The third-order valence-electron chi connectivity index (χ3n) is 3.20. The predicted molar refractivity (Wildman–Crippen MR) is 74.8 cm³/mol. The molecular formula is C13H20N2O3S. The molecule has 1 aromatic carbocycles. The van der Waals surface area contributed by atoms with E-state index in [9.17, 15) is 13.5 Å². The predicted octanol–water partition coefficient (Wildman–Crippen LogP) is 0.946. The zero-order chi connectivity index (χ0) is 13.9. The van der Waals surface area contributed by atoms with Gasteiger partial charge in [0.25, 0.3) is 0 Å². The maximum absolute atomic E-state index is 12.2. The number of nitrogens with one attached hydrogen (secondary N) is 1. The van der Waals surface area contributed by atoms with Crippen molar-refractivity contribution < 1.29 is 13.5 Å². The van der Waals surface area contributed by atoms with Gasteiger partial charge in [-0.1, -0.05) is 19.1 Å². The molecule has 106 valence electrons. The fourth-order valence-corrected chi connectivity index (χ4v) is 3.58. The van der Waals surface area contributed by atoms with E-state index >= 15 is 0 Å². The van der Waals surface area contributed by atoms with E-state index in [1.807, 2.05) is 17.9 Å². The van der Waals surface area contributed by atoms with Crippen LogP contribution in [-0.2, 0) is 10.0 Å². The van der Waals surface area contributed by atoms with Crippen LogP contribution < -0.4 is 9.62 Å². The lowest BCUT2D eigenvalue weighted by atomic mass is 10.3. The minimum atomic E-state index is -3.48. The van der Waals surface area contributed by atoms with E-state index in [0.717, 1.165) is 6.42 Å². The highest BCUT2D eigenvalue weighted by Gasteiger charge is 2.26. The van der Waals surface area contributed by atoms with Gasteiger partial charge in [-0.05, 0) is 25.0 Å². The van der Waals surface area contributed by atoms with Crippen LogP contribution >= 0.6 is 0 Å². The molecule has 1 heterocycles. The van der Waals surface area contributed by atoms with Crippen LogP contribution in [0.3, 0.4) is 0 Å². The van der Waals surface area contributed by atoms with Crippen molar-refractivity contribution in [1.82, 2.24) is 4.72 Å². The topological polar surface area (TPSA) is 69.6 Å². The normalized spacial score (nSPS) is 19.9. The Hall–Kier alpha value is -1.11. The summed E-state index contributed by atoms with van der Waals surface area (Å²) in [5, 5.41) is 9.59. The molecule has 1 aromatic rings. The van der Waals surface area contributed by atoms with Gasteiger partial charge in [0.1, 0.15) is 4.90 Å². The van der Waals surface area contributed by atoms with Crippen LogP contribution in [0.4, 0.5) is 5.69 Å². The molecule has 19 heavy (non-hydrogen) atoms. The van der Waals surface area contributed by atoms with Crippen LogP contribution in [-0.4, -0.2) is 39.3 Å². The van der Waals surface area contributed by atoms with Crippen molar-refractivity contribution >= 4 is 15.7 Å². The fourth-order valence-electron chi connectivity index (χ4n) is 2.22. The van der Waals surface area contributed by atoms with E-state index in [0.29, 0.717) is 31.7 Å². The van der Waals surface area contributed by atoms with Crippen molar-refractivity contribution in [1.29, 1.82) is 0 Å². The number of hydrogen-bond acceptors (Lipinski definition) is 4. The molecule has 0 saturated carbocycles. The lowest BCUT2D eigenvalue weighted by Crippen LogP contribution is -2.28. The number of aliphatic hydroxyl groups is 1. The van der Waals surface area contributed by atoms with Gasteiger partial charge in [0.05, 0.1) is 11.8 Å². The standard InChI is InChI=1S/C13H20N2O3S/c1-2-8-14-19(17,18)13-6-4-3-5-12(13)15-9-7-11(16)10-15/h3-6,11,14,16H,2,7-10H2,1H3. The van der Waals surface area contributed by atoms with E-state index in [4.69, 9.17) is 0 Å². The highest BCUT2D eigenvalue weighted by molar-refractivity contribution is 7.89. The average molecular weight is 284 g/mol. The van der Waals surface area contributed by atoms with E-state index in [1.165, 1.54) is 0 Å². The van der Waals surface area contributed by atoms with Gasteiger partial charge in [0, 0.05) is 19.6 Å². The van der Waals surface area contributed by atoms with Crippen LogP contribution in [0, 0.1) is 0 Å². The summed E-state index contributed by atoms with van der Waals surface area (Å²) in [4.78, 5) is 2.21. The SMILES string of the molecule is CCCNS(=O)(=O)c1ccccc1N1CCC(O)C1. The van der Waals surface area contributed by atoms with Crippen molar-refractivity contribution in [3.63, 3.8) is 0 Å². The number of sulfonamides is 1. The molecule has 5 nitrogen and oxygen atoms in total.